The van der Waals surface area contributed by atoms with E-state index >= 15 is 0 Å². The summed E-state index contributed by atoms with van der Waals surface area (Å²) in [6.07, 6.45) is 3.88. The maximum atomic E-state index is 12.0. The summed E-state index contributed by atoms with van der Waals surface area (Å²) in [5.74, 6) is 0.723. The molecule has 2 aromatic heterocycles. The van der Waals surface area contributed by atoms with Crippen molar-refractivity contribution in [2.24, 2.45) is 5.73 Å². The Hall–Kier alpha value is -2.14. The van der Waals surface area contributed by atoms with Crippen molar-refractivity contribution >= 4 is 5.91 Å². The molecule has 0 aromatic carbocycles. The first-order chi connectivity index (χ1) is 9.19. The van der Waals surface area contributed by atoms with Crippen LogP contribution < -0.4 is 11.1 Å². The number of carbonyl (C=O) groups is 1. The Balaban J connectivity index is 1.96. The first-order valence-corrected chi connectivity index (χ1v) is 6.17. The molecule has 0 radical (unpaired) electrons. The summed E-state index contributed by atoms with van der Waals surface area (Å²) in [5, 5.41) is 2.92. The van der Waals surface area contributed by atoms with E-state index in [2.05, 4.69) is 10.3 Å². The Morgan fingerprint density at radius 2 is 2.37 bits per heavy atom. The number of carbonyl (C=O) groups excluding carboxylic acids is 1. The third kappa shape index (κ3) is 3.66. The van der Waals surface area contributed by atoms with Crippen LogP contribution in [0.15, 0.2) is 41.1 Å². The lowest BCUT2D eigenvalue weighted by atomic mass is 10.1. The molecule has 0 saturated carbocycles. The highest BCUT2D eigenvalue weighted by Crippen LogP contribution is 2.06. The van der Waals surface area contributed by atoms with E-state index in [-0.39, 0.29) is 11.9 Å². The zero-order valence-electron chi connectivity index (χ0n) is 10.8. The molecule has 0 bridgehead atoms. The highest BCUT2D eigenvalue weighted by Gasteiger charge is 2.11. The Morgan fingerprint density at radius 1 is 1.53 bits per heavy atom. The Bertz CT molecular complexity index is 537. The van der Waals surface area contributed by atoms with Crippen LogP contribution in [0, 0.1) is 0 Å². The van der Waals surface area contributed by atoms with E-state index < -0.39 is 0 Å². The van der Waals surface area contributed by atoms with Crippen LogP contribution in [0.2, 0.25) is 0 Å². The Kier molecular flexibility index (Phi) is 4.30. The van der Waals surface area contributed by atoms with Gasteiger partial charge in [-0.2, -0.15) is 0 Å². The van der Waals surface area contributed by atoms with Gasteiger partial charge in [0.25, 0.3) is 5.91 Å². The van der Waals surface area contributed by atoms with E-state index in [4.69, 9.17) is 10.2 Å². The molecule has 0 aliphatic rings. The predicted molar refractivity (Wildman–Crippen MR) is 71.5 cm³/mol. The van der Waals surface area contributed by atoms with Crippen LogP contribution >= 0.6 is 0 Å². The fraction of sp³-hybridized carbons (Fsp3) is 0.286. The van der Waals surface area contributed by atoms with Crippen LogP contribution in [-0.2, 0) is 13.0 Å². The van der Waals surface area contributed by atoms with E-state index in [0.29, 0.717) is 24.2 Å². The fourth-order valence-corrected chi connectivity index (χ4v) is 1.82. The van der Waals surface area contributed by atoms with Crippen LogP contribution in [0.3, 0.4) is 0 Å². The molecule has 2 rings (SSSR count). The molecular weight excluding hydrogens is 242 g/mol. The second kappa shape index (κ2) is 6.15. The monoisotopic (exact) mass is 259 g/mol. The van der Waals surface area contributed by atoms with Crippen molar-refractivity contribution in [3.05, 3.63) is 53.7 Å². The summed E-state index contributed by atoms with van der Waals surface area (Å²) in [7, 11) is 0. The second-order valence-electron chi connectivity index (χ2n) is 4.40. The van der Waals surface area contributed by atoms with Crippen LogP contribution in [0.4, 0.5) is 0 Å². The Labute approximate surface area is 111 Å². The molecule has 3 N–H and O–H groups in total. The molecule has 1 atom stereocenters. The second-order valence-corrected chi connectivity index (χ2v) is 4.40. The molecule has 2 aromatic rings. The summed E-state index contributed by atoms with van der Waals surface area (Å²) in [6, 6.07) is 7.10. The third-order valence-electron chi connectivity index (χ3n) is 2.75. The van der Waals surface area contributed by atoms with Gasteiger partial charge in [-0.3, -0.25) is 9.78 Å². The van der Waals surface area contributed by atoms with Gasteiger partial charge in [-0.15, -0.1) is 0 Å². The molecule has 0 aliphatic carbocycles. The van der Waals surface area contributed by atoms with Gasteiger partial charge in [0.05, 0.1) is 12.0 Å². The van der Waals surface area contributed by atoms with Gasteiger partial charge in [-0.25, -0.2) is 0 Å². The number of amides is 1. The number of furan rings is 1. The van der Waals surface area contributed by atoms with Gasteiger partial charge in [0.15, 0.2) is 0 Å². The van der Waals surface area contributed by atoms with Crippen LogP contribution in [-0.4, -0.2) is 16.9 Å². The molecule has 100 valence electrons. The molecule has 0 spiro atoms. The average molecular weight is 259 g/mol. The van der Waals surface area contributed by atoms with Crippen LogP contribution in [0.25, 0.3) is 0 Å². The molecular formula is C14H17N3O2. The molecule has 5 nitrogen and oxygen atoms in total. The van der Waals surface area contributed by atoms with Gasteiger partial charge in [0.1, 0.15) is 5.76 Å². The van der Waals surface area contributed by atoms with Gasteiger partial charge >= 0.3 is 0 Å². The van der Waals surface area contributed by atoms with E-state index in [1.54, 1.807) is 24.6 Å². The van der Waals surface area contributed by atoms with Crippen molar-refractivity contribution in [3.8, 4) is 0 Å². The van der Waals surface area contributed by atoms with Crippen molar-refractivity contribution < 1.29 is 9.21 Å². The van der Waals surface area contributed by atoms with Gasteiger partial charge in [0.2, 0.25) is 0 Å². The SMILES string of the molecule is CC(Cc1ccco1)NC(=O)c1ccnc(CN)c1. The lowest BCUT2D eigenvalue weighted by Crippen LogP contribution is -2.34. The zero-order chi connectivity index (χ0) is 13.7. The summed E-state index contributed by atoms with van der Waals surface area (Å²) in [6.45, 7) is 2.26. The number of aromatic nitrogens is 1. The number of pyridine rings is 1. The Morgan fingerprint density at radius 3 is 3.05 bits per heavy atom. The summed E-state index contributed by atoms with van der Waals surface area (Å²) >= 11 is 0. The normalized spacial score (nSPS) is 12.1. The molecule has 19 heavy (non-hydrogen) atoms. The van der Waals surface area contributed by atoms with Gasteiger partial charge < -0.3 is 15.5 Å². The lowest BCUT2D eigenvalue weighted by molar-refractivity contribution is 0.0939. The van der Waals surface area contributed by atoms with Crippen molar-refractivity contribution in [3.63, 3.8) is 0 Å². The molecule has 0 aliphatic heterocycles. The van der Waals surface area contributed by atoms with Crippen LogP contribution in [0.1, 0.15) is 28.7 Å². The summed E-state index contributed by atoms with van der Waals surface area (Å²) in [4.78, 5) is 16.1. The van der Waals surface area contributed by atoms with Crippen molar-refractivity contribution in [1.82, 2.24) is 10.3 Å². The van der Waals surface area contributed by atoms with Gasteiger partial charge in [-0.05, 0) is 31.2 Å². The van der Waals surface area contributed by atoms with Crippen molar-refractivity contribution in [2.75, 3.05) is 0 Å². The molecule has 1 unspecified atom stereocenters. The minimum absolute atomic E-state index is 0.00635. The van der Waals surface area contributed by atoms with Crippen molar-refractivity contribution in [1.29, 1.82) is 0 Å². The fourth-order valence-electron chi connectivity index (χ4n) is 1.82. The van der Waals surface area contributed by atoms with E-state index in [1.165, 1.54) is 0 Å². The van der Waals surface area contributed by atoms with Crippen LogP contribution in [0.5, 0.6) is 0 Å². The highest BCUT2D eigenvalue weighted by molar-refractivity contribution is 5.94. The number of nitrogens with zero attached hydrogens (tertiary/aromatic N) is 1. The topological polar surface area (TPSA) is 81.2 Å². The van der Waals surface area contributed by atoms with Gasteiger partial charge in [-0.1, -0.05) is 0 Å². The molecule has 2 heterocycles. The number of rotatable bonds is 5. The molecule has 5 heteroatoms. The predicted octanol–water partition coefficient (Wildman–Crippen LogP) is 1.49. The number of hydrogen-bond acceptors (Lipinski definition) is 4. The quantitative estimate of drug-likeness (QED) is 0.852. The maximum Gasteiger partial charge on any atom is 0.251 e. The summed E-state index contributed by atoms with van der Waals surface area (Å²) in [5.41, 5.74) is 6.78. The molecule has 0 saturated heterocycles. The van der Waals surface area contributed by atoms with Gasteiger partial charge in [0, 0.05) is 30.8 Å². The standard InChI is InChI=1S/C14H17N3O2/c1-10(7-13-3-2-6-19-13)17-14(18)11-4-5-16-12(8-11)9-15/h2-6,8,10H,7,9,15H2,1H3,(H,17,18). The van der Waals surface area contributed by atoms with E-state index in [0.717, 1.165) is 5.76 Å². The number of hydrogen-bond donors (Lipinski definition) is 2. The first-order valence-electron chi connectivity index (χ1n) is 6.17. The smallest absolute Gasteiger partial charge is 0.251 e. The third-order valence-corrected chi connectivity index (χ3v) is 2.75. The number of nitrogens with two attached hydrogens (primary N) is 1. The van der Waals surface area contributed by atoms with E-state index in [1.807, 2.05) is 19.1 Å². The zero-order valence-corrected chi connectivity index (χ0v) is 10.8. The van der Waals surface area contributed by atoms with Crippen molar-refractivity contribution in [2.45, 2.75) is 25.9 Å². The molecule has 1 amide bonds. The maximum absolute atomic E-state index is 12.0. The largest absolute Gasteiger partial charge is 0.469 e. The summed E-state index contributed by atoms with van der Waals surface area (Å²) < 4.78 is 5.25. The lowest BCUT2D eigenvalue weighted by Gasteiger charge is -2.12. The van der Waals surface area contributed by atoms with E-state index in [9.17, 15) is 4.79 Å². The number of nitrogens with one attached hydrogen (secondary N) is 1. The first kappa shape index (κ1) is 13.3. The minimum Gasteiger partial charge on any atom is -0.469 e. The molecule has 0 fully saturated rings. The highest BCUT2D eigenvalue weighted by atomic mass is 16.3. The average Bonchev–Trinajstić information content (AvgIpc) is 2.91. The minimum atomic E-state index is -0.129.